The van der Waals surface area contributed by atoms with Gasteiger partial charge < -0.3 is 10.2 Å². The Labute approximate surface area is 161 Å². The molecule has 0 atom stereocenters. The van der Waals surface area contributed by atoms with Gasteiger partial charge in [-0.1, -0.05) is 13.2 Å². The molecule has 0 aliphatic heterocycles. The van der Waals surface area contributed by atoms with Gasteiger partial charge >= 0.3 is 104 Å². The third kappa shape index (κ3) is 28.2. The zero-order valence-electron chi connectivity index (χ0n) is 16.8. The number of hydrogen-bond acceptors (Lipinski definition) is 2. The van der Waals surface area contributed by atoms with E-state index in [4.69, 9.17) is 10.2 Å². The van der Waals surface area contributed by atoms with Crippen molar-refractivity contribution in [2.75, 3.05) is 0 Å². The molecule has 0 rings (SSSR count). The van der Waals surface area contributed by atoms with E-state index in [2.05, 4.69) is 33.9 Å². The first kappa shape index (κ1) is 28.9. The fourth-order valence-corrected chi connectivity index (χ4v) is 5.91. The van der Waals surface area contributed by atoms with Gasteiger partial charge in [0.1, 0.15) is 0 Å². The van der Waals surface area contributed by atoms with E-state index in [0.29, 0.717) is 0 Å². The molecule has 0 aromatic heterocycles. The number of aliphatic carboxylic acids is 2. The van der Waals surface area contributed by atoms with Gasteiger partial charge in [-0.05, 0) is 13.8 Å². The van der Waals surface area contributed by atoms with Crippen LogP contribution in [-0.4, -0.2) is 22.2 Å². The predicted molar refractivity (Wildman–Crippen MR) is 104 cm³/mol. The predicted octanol–water partition coefficient (Wildman–Crippen LogP) is 6.55. The number of unbranched alkanes of at least 4 members (excludes halogenated alkanes) is 3. The Hall–Kier alpha value is -0.840. The van der Waals surface area contributed by atoms with Crippen LogP contribution < -0.4 is 0 Å². The van der Waals surface area contributed by atoms with E-state index in [1.54, 1.807) is 13.9 Å². The van der Waals surface area contributed by atoms with Crippen molar-refractivity contribution in [2.45, 2.75) is 87.1 Å². The van der Waals surface area contributed by atoms with Crippen LogP contribution in [0.25, 0.3) is 0 Å². The fraction of sp³-hybridized carbons (Fsp3) is 0.700. The van der Waals surface area contributed by atoms with Crippen molar-refractivity contribution in [2.24, 2.45) is 0 Å². The first-order chi connectivity index (χ1) is 11.6. The number of carboxylic acids is 2. The SMILES string of the molecule is C=C(C)C(=O)O.C=C(C)C(=O)O.CCC[CH2][Ag]([CH2]CCC)[CH2]CCC. The first-order valence-electron chi connectivity index (χ1n) is 8.82. The van der Waals surface area contributed by atoms with E-state index in [1.165, 1.54) is 52.4 Å². The molecule has 4 nitrogen and oxygen atoms in total. The molecule has 0 fully saturated rings. The summed E-state index contributed by atoms with van der Waals surface area (Å²) in [6.45, 7) is 16.2. The van der Waals surface area contributed by atoms with Crippen LogP contribution in [0.3, 0.4) is 0 Å². The van der Waals surface area contributed by atoms with Crippen molar-refractivity contribution < 1.29 is 38.2 Å². The van der Waals surface area contributed by atoms with Crippen LogP contribution in [0.1, 0.15) is 73.1 Å². The molecule has 0 saturated carbocycles. The minimum atomic E-state index is -0.935. The summed E-state index contributed by atoms with van der Waals surface area (Å²) >= 11 is 0.0533. The fourth-order valence-electron chi connectivity index (χ4n) is 0.998. The summed E-state index contributed by atoms with van der Waals surface area (Å²) in [7, 11) is 0. The van der Waals surface area contributed by atoms with E-state index in [9.17, 15) is 9.59 Å². The van der Waals surface area contributed by atoms with E-state index in [0.717, 1.165) is 0 Å². The molecule has 5 heteroatoms. The van der Waals surface area contributed by atoms with Crippen molar-refractivity contribution >= 4 is 11.9 Å². The van der Waals surface area contributed by atoms with E-state index < -0.39 is 11.9 Å². The van der Waals surface area contributed by atoms with Crippen molar-refractivity contribution in [3.8, 4) is 0 Å². The third-order valence-corrected chi connectivity index (χ3v) is 7.47. The van der Waals surface area contributed by atoms with Gasteiger partial charge in [-0.15, -0.1) is 0 Å². The molecule has 0 unspecified atom stereocenters. The molecule has 0 aliphatic rings. The van der Waals surface area contributed by atoms with Gasteiger partial charge in [0, 0.05) is 11.1 Å². The Bertz CT molecular complexity index is 311. The summed E-state index contributed by atoms with van der Waals surface area (Å²) in [6.07, 6.45) is 8.65. The molecule has 0 aliphatic carbocycles. The van der Waals surface area contributed by atoms with Crippen LogP contribution in [0.15, 0.2) is 24.3 Å². The Morgan fingerprint density at radius 2 is 0.920 bits per heavy atom. The van der Waals surface area contributed by atoms with Crippen molar-refractivity contribution in [1.29, 1.82) is 0 Å². The van der Waals surface area contributed by atoms with Gasteiger partial charge in [-0.2, -0.15) is 0 Å². The molecule has 25 heavy (non-hydrogen) atoms. The standard InChI is InChI=1S/2C4H6O2.3C4H9.Ag/c2*1-3(2)4(5)6;3*1-3-4-2;/h2*1H2,2H3,(H,5,6);3*1,3-4H2,2H3;. The van der Waals surface area contributed by atoms with Crippen LogP contribution in [0, 0.1) is 0 Å². The maximum atomic E-state index is 9.60. The molecule has 0 spiro atoms. The first-order valence-corrected chi connectivity index (χ1v) is 12.0. The van der Waals surface area contributed by atoms with Crippen molar-refractivity contribution in [1.82, 2.24) is 0 Å². The molecule has 0 amide bonds. The van der Waals surface area contributed by atoms with E-state index in [-0.39, 0.29) is 29.6 Å². The Balaban J connectivity index is -0.000000336. The second-order valence-electron chi connectivity index (χ2n) is 5.64. The molecule has 2 N–H and O–H groups in total. The number of carbonyl (C=O) groups is 2. The van der Waals surface area contributed by atoms with Gasteiger partial charge in [0.05, 0.1) is 0 Å². The average molecular weight is 451 g/mol. The van der Waals surface area contributed by atoms with Crippen molar-refractivity contribution in [3.63, 3.8) is 0 Å². The summed E-state index contributed by atoms with van der Waals surface area (Å²) in [5.74, 6) is -1.87. The molecular weight excluding hydrogens is 412 g/mol. The van der Waals surface area contributed by atoms with Gasteiger partial charge in [-0.3, -0.25) is 0 Å². The molecule has 0 saturated heterocycles. The molecule has 0 bridgehead atoms. The molecule has 154 valence electrons. The number of hydrogen-bond donors (Lipinski definition) is 2. The summed E-state index contributed by atoms with van der Waals surface area (Å²) in [4.78, 5) is 19.2. The van der Waals surface area contributed by atoms with Crippen LogP contribution in [0.2, 0.25) is 13.9 Å². The summed E-state index contributed by atoms with van der Waals surface area (Å²) < 4.78 is 4.76. The zero-order valence-corrected chi connectivity index (χ0v) is 18.3. The quantitative estimate of drug-likeness (QED) is 0.276. The Kier molecular flexibility index (Phi) is 24.5. The monoisotopic (exact) mass is 450 g/mol. The summed E-state index contributed by atoms with van der Waals surface area (Å²) in [6, 6.07) is 0. The Morgan fingerprint density at radius 3 is 1.04 bits per heavy atom. The third-order valence-electron chi connectivity index (χ3n) is 2.75. The van der Waals surface area contributed by atoms with E-state index >= 15 is 0 Å². The zero-order chi connectivity index (χ0) is 20.3. The summed E-state index contributed by atoms with van der Waals surface area (Å²) in [5.41, 5.74) is 0.352. The second kappa shape index (κ2) is 21.2. The van der Waals surface area contributed by atoms with Crippen LogP contribution in [-0.2, 0) is 28.0 Å². The molecule has 0 radical (unpaired) electrons. The van der Waals surface area contributed by atoms with Gasteiger partial charge in [0.2, 0.25) is 0 Å². The average Bonchev–Trinajstić information content (AvgIpc) is 2.55. The van der Waals surface area contributed by atoms with Gasteiger partial charge in [-0.25, -0.2) is 9.59 Å². The maximum absolute atomic E-state index is 9.60. The topological polar surface area (TPSA) is 74.6 Å². The number of carboxylic acid groups (broad SMARTS) is 2. The van der Waals surface area contributed by atoms with Gasteiger partial charge in [0.25, 0.3) is 0 Å². The molecule has 0 heterocycles. The van der Waals surface area contributed by atoms with E-state index in [1.807, 2.05) is 0 Å². The van der Waals surface area contributed by atoms with Crippen molar-refractivity contribution in [3.05, 3.63) is 24.3 Å². The molecule has 0 aromatic carbocycles. The van der Waals surface area contributed by atoms with Gasteiger partial charge in [0.15, 0.2) is 0 Å². The van der Waals surface area contributed by atoms with Crippen LogP contribution in [0.4, 0.5) is 0 Å². The molecular formula is C20H39AgO4. The van der Waals surface area contributed by atoms with Crippen LogP contribution >= 0.6 is 0 Å². The van der Waals surface area contributed by atoms with Crippen LogP contribution in [0.5, 0.6) is 0 Å². The number of rotatable bonds is 11. The normalized spacial score (nSPS) is 9.72. The summed E-state index contributed by atoms with van der Waals surface area (Å²) in [5, 5.41) is 15.8. The minimum absolute atomic E-state index is 0.0533. The Morgan fingerprint density at radius 1 is 0.720 bits per heavy atom. The second-order valence-corrected chi connectivity index (χ2v) is 10.1. The molecule has 0 aromatic rings.